The predicted octanol–water partition coefficient (Wildman–Crippen LogP) is 2.02. The van der Waals surface area contributed by atoms with Gasteiger partial charge in [0.15, 0.2) is 14.0 Å². The second-order valence-electron chi connectivity index (χ2n) is 4.17. The Labute approximate surface area is 116 Å². The number of nitrogens with zero attached hydrogens (tertiary/aromatic N) is 1. The second kappa shape index (κ2) is 5.44. The third-order valence-corrected chi connectivity index (χ3v) is 5.96. The second-order valence-corrected chi connectivity index (χ2v) is 7.34. The molecule has 0 bridgehead atoms. The molecule has 6 nitrogen and oxygen atoms in total. The molecule has 0 amide bonds. The Morgan fingerprint density at radius 1 is 1.53 bits per heavy atom. The third-order valence-electron chi connectivity index (χ3n) is 2.90. The Balaban J connectivity index is 3.29. The van der Waals surface area contributed by atoms with E-state index in [1.54, 1.807) is 0 Å². The van der Waals surface area contributed by atoms with E-state index in [4.69, 9.17) is 11.6 Å². The summed E-state index contributed by atoms with van der Waals surface area (Å²) in [7, 11) is -3.75. The van der Waals surface area contributed by atoms with Crippen LogP contribution in [0.25, 0.3) is 0 Å². The van der Waals surface area contributed by atoms with Crippen LogP contribution in [0.2, 0.25) is 0 Å². The van der Waals surface area contributed by atoms with Gasteiger partial charge in [0.2, 0.25) is 0 Å². The highest BCUT2D eigenvalue weighted by atomic mass is 35.5. The first-order chi connectivity index (χ1) is 8.63. The van der Waals surface area contributed by atoms with Crippen LogP contribution in [0, 0.1) is 10.1 Å². The summed E-state index contributed by atoms with van der Waals surface area (Å²) in [6.07, 6.45) is -0.657. The van der Waals surface area contributed by atoms with E-state index in [-0.39, 0.29) is 17.7 Å². The number of nitro benzene ring substituents is 1. The summed E-state index contributed by atoms with van der Waals surface area (Å²) in [4.78, 5) is 10.0. The fourth-order valence-electron chi connectivity index (χ4n) is 1.72. The number of rotatable bonds is 5. The maximum absolute atomic E-state index is 11.7. The molecule has 1 aromatic carbocycles. The summed E-state index contributed by atoms with van der Waals surface area (Å²) in [6.45, 7) is 1.52. The van der Waals surface area contributed by atoms with Gasteiger partial charge in [-0.3, -0.25) is 10.1 Å². The van der Waals surface area contributed by atoms with Crippen molar-refractivity contribution in [3.8, 4) is 0 Å². The van der Waals surface area contributed by atoms with Crippen molar-refractivity contribution < 1.29 is 18.4 Å². The maximum atomic E-state index is 11.7. The van der Waals surface area contributed by atoms with Crippen molar-refractivity contribution in [2.24, 2.45) is 0 Å². The minimum atomic E-state index is -3.75. The molecule has 0 heterocycles. The van der Waals surface area contributed by atoms with Crippen molar-refractivity contribution in [1.29, 1.82) is 0 Å². The van der Waals surface area contributed by atoms with E-state index in [0.717, 1.165) is 12.3 Å². The van der Waals surface area contributed by atoms with E-state index in [1.807, 2.05) is 0 Å². The van der Waals surface area contributed by atoms with Gasteiger partial charge >= 0.3 is 0 Å². The fraction of sp³-hybridized carbons (Fsp3) is 0.455. The van der Waals surface area contributed by atoms with Gasteiger partial charge < -0.3 is 5.11 Å². The Hall–Kier alpha value is -1.18. The number of benzene rings is 1. The van der Waals surface area contributed by atoms with Crippen molar-refractivity contribution in [2.75, 3.05) is 6.26 Å². The van der Waals surface area contributed by atoms with Crippen molar-refractivity contribution in [1.82, 2.24) is 0 Å². The largest absolute Gasteiger partial charge is 0.385 e. The molecule has 0 unspecified atom stereocenters. The minimum Gasteiger partial charge on any atom is -0.385 e. The molecule has 0 spiro atoms. The van der Waals surface area contributed by atoms with Gasteiger partial charge in [-0.15, -0.1) is 0 Å². The average molecular weight is 308 g/mol. The van der Waals surface area contributed by atoms with Crippen LogP contribution in [0.15, 0.2) is 24.3 Å². The van der Waals surface area contributed by atoms with Gasteiger partial charge in [-0.2, -0.15) is 0 Å². The maximum Gasteiger partial charge on any atom is 0.269 e. The van der Waals surface area contributed by atoms with Crippen molar-refractivity contribution in [3.63, 3.8) is 0 Å². The standard InChI is InChI=1S/C11H14ClNO5S/c1-3-11(12,19(2,17)18)10(14)8-5-4-6-9(7-8)13(15)16/h4-7,10,14H,3H2,1-2H3/t10-,11+/m1/s1. The minimum absolute atomic E-state index is 0.0305. The number of alkyl halides is 1. The van der Waals surface area contributed by atoms with E-state index in [0.29, 0.717) is 0 Å². The van der Waals surface area contributed by atoms with Crippen LogP contribution in [0.4, 0.5) is 5.69 Å². The summed E-state index contributed by atoms with van der Waals surface area (Å²) in [5.41, 5.74) is -0.142. The molecule has 0 radical (unpaired) electrons. The number of nitro groups is 1. The molecule has 2 atom stereocenters. The molecule has 0 aliphatic rings. The summed E-state index contributed by atoms with van der Waals surface area (Å²) < 4.78 is 21.5. The van der Waals surface area contributed by atoms with Crippen LogP contribution in [0.1, 0.15) is 25.0 Å². The lowest BCUT2D eigenvalue weighted by atomic mass is 10.0. The van der Waals surface area contributed by atoms with E-state index in [9.17, 15) is 23.6 Å². The predicted molar refractivity (Wildman–Crippen MR) is 71.8 cm³/mol. The summed E-state index contributed by atoms with van der Waals surface area (Å²) >= 11 is 6.01. The number of aliphatic hydroxyl groups is 1. The molecule has 0 saturated carbocycles. The highest BCUT2D eigenvalue weighted by Crippen LogP contribution is 2.40. The van der Waals surface area contributed by atoms with Gasteiger partial charge in [0.05, 0.1) is 4.92 Å². The van der Waals surface area contributed by atoms with Crippen LogP contribution in [0.3, 0.4) is 0 Å². The molecule has 8 heteroatoms. The third kappa shape index (κ3) is 3.05. The van der Waals surface area contributed by atoms with Crippen molar-refractivity contribution >= 4 is 27.1 Å². The van der Waals surface area contributed by atoms with E-state index in [2.05, 4.69) is 0 Å². The van der Waals surface area contributed by atoms with E-state index >= 15 is 0 Å². The van der Waals surface area contributed by atoms with Gasteiger partial charge in [-0.1, -0.05) is 30.7 Å². The molecule has 1 rings (SSSR count). The number of hydrogen-bond donors (Lipinski definition) is 1. The van der Waals surface area contributed by atoms with Crippen molar-refractivity contribution in [2.45, 2.75) is 23.7 Å². The molecule has 0 fully saturated rings. The molecule has 0 aliphatic heterocycles. The Kier molecular flexibility index (Phi) is 4.54. The molecule has 1 N–H and O–H groups in total. The van der Waals surface area contributed by atoms with Gasteiger partial charge in [-0.25, -0.2) is 8.42 Å². The highest BCUT2D eigenvalue weighted by molar-refractivity contribution is 7.93. The lowest BCUT2D eigenvalue weighted by Crippen LogP contribution is -2.37. The first kappa shape index (κ1) is 15.9. The number of sulfone groups is 1. The van der Waals surface area contributed by atoms with E-state index in [1.165, 1.54) is 25.1 Å². The number of aliphatic hydroxyl groups excluding tert-OH is 1. The van der Waals surface area contributed by atoms with Crippen LogP contribution < -0.4 is 0 Å². The smallest absolute Gasteiger partial charge is 0.269 e. The number of halogens is 1. The normalized spacial score (nSPS) is 16.6. The van der Waals surface area contributed by atoms with Gasteiger partial charge in [0.1, 0.15) is 6.10 Å². The molecule has 0 aromatic heterocycles. The zero-order valence-corrected chi connectivity index (χ0v) is 12.0. The zero-order valence-electron chi connectivity index (χ0n) is 10.4. The van der Waals surface area contributed by atoms with Gasteiger partial charge in [0, 0.05) is 18.4 Å². The van der Waals surface area contributed by atoms with Crippen molar-refractivity contribution in [3.05, 3.63) is 39.9 Å². The Morgan fingerprint density at radius 2 is 2.11 bits per heavy atom. The lowest BCUT2D eigenvalue weighted by Gasteiger charge is -2.29. The van der Waals surface area contributed by atoms with Gasteiger partial charge in [-0.05, 0) is 12.0 Å². The molecule has 106 valence electrons. The summed E-state index contributed by atoms with van der Waals surface area (Å²) in [5.74, 6) is 0. The molecule has 0 saturated heterocycles. The first-order valence-electron chi connectivity index (χ1n) is 5.44. The molecule has 19 heavy (non-hydrogen) atoms. The summed E-state index contributed by atoms with van der Waals surface area (Å²) in [6, 6.07) is 5.13. The molecule has 1 aromatic rings. The van der Waals surface area contributed by atoms with Crippen LogP contribution in [-0.2, 0) is 9.84 Å². The monoisotopic (exact) mass is 307 g/mol. The number of non-ortho nitro benzene ring substituents is 1. The average Bonchev–Trinajstić information content (AvgIpc) is 2.35. The lowest BCUT2D eigenvalue weighted by molar-refractivity contribution is -0.385. The fourth-order valence-corrected chi connectivity index (χ4v) is 2.91. The van der Waals surface area contributed by atoms with Crippen LogP contribution in [0.5, 0.6) is 0 Å². The highest BCUT2D eigenvalue weighted by Gasteiger charge is 2.45. The first-order valence-corrected chi connectivity index (χ1v) is 7.71. The molecule has 0 aliphatic carbocycles. The molecular formula is C11H14ClNO5S. The topological polar surface area (TPSA) is 97.5 Å². The summed E-state index contributed by atoms with van der Waals surface area (Å²) in [5, 5.41) is 20.8. The quantitative estimate of drug-likeness (QED) is 0.510. The van der Waals surface area contributed by atoms with E-state index < -0.39 is 25.1 Å². The number of hydrogen-bond acceptors (Lipinski definition) is 5. The van der Waals surface area contributed by atoms with Crippen LogP contribution in [-0.4, -0.2) is 28.9 Å². The van der Waals surface area contributed by atoms with Crippen LogP contribution >= 0.6 is 11.6 Å². The SMILES string of the molecule is CC[C@@](Cl)([C@H](O)c1cccc([N+](=O)[O-])c1)S(C)(=O)=O. The Morgan fingerprint density at radius 3 is 2.53 bits per heavy atom. The Bertz CT molecular complexity index is 589. The molecular weight excluding hydrogens is 294 g/mol. The zero-order chi connectivity index (χ0) is 14.8. The van der Waals surface area contributed by atoms with Gasteiger partial charge in [0.25, 0.3) is 5.69 Å².